The summed E-state index contributed by atoms with van der Waals surface area (Å²) in [5.41, 5.74) is 9.63. The largest absolute Gasteiger partial charge is 0.452 e. The van der Waals surface area contributed by atoms with Gasteiger partial charge in [-0.15, -0.1) is 0 Å². The zero-order chi connectivity index (χ0) is 26.8. The molecule has 4 aromatic carbocycles. The zero-order valence-electron chi connectivity index (χ0n) is 21.1. The van der Waals surface area contributed by atoms with Gasteiger partial charge in [0.1, 0.15) is 0 Å². The monoisotopic (exact) mass is 521 g/mol. The van der Waals surface area contributed by atoms with Gasteiger partial charge < -0.3 is 36.1 Å². The fraction of sp³-hybridized carbons (Fsp3) is 0.133. The smallest absolute Gasteiger partial charge is 0.259 e. The average Bonchev–Trinajstić information content (AvgIpc) is 3.21. The van der Waals surface area contributed by atoms with Crippen LogP contribution in [0.25, 0.3) is 0 Å². The predicted molar refractivity (Wildman–Crippen MR) is 151 cm³/mol. The summed E-state index contributed by atoms with van der Waals surface area (Å²) < 4.78 is 11.8. The Labute approximate surface area is 225 Å². The van der Waals surface area contributed by atoms with Gasteiger partial charge in [-0.05, 0) is 48.5 Å². The normalized spacial score (nSPS) is 15.1. The maximum atomic E-state index is 12.5. The van der Waals surface area contributed by atoms with E-state index in [2.05, 4.69) is 20.9 Å². The minimum absolute atomic E-state index is 0.128. The Morgan fingerprint density at radius 3 is 1.82 bits per heavy atom. The van der Waals surface area contributed by atoms with E-state index >= 15 is 0 Å². The van der Waals surface area contributed by atoms with Crippen molar-refractivity contribution in [2.75, 3.05) is 47.4 Å². The molecule has 39 heavy (non-hydrogen) atoms. The molecule has 0 radical (unpaired) electrons. The number of ether oxygens (including phenoxy) is 2. The lowest BCUT2D eigenvalue weighted by atomic mass is 10.1. The quantitative estimate of drug-likeness (QED) is 0.258. The van der Waals surface area contributed by atoms with Crippen LogP contribution in [-0.4, -0.2) is 38.0 Å². The first-order chi connectivity index (χ1) is 19.1. The van der Waals surface area contributed by atoms with Gasteiger partial charge in [-0.2, -0.15) is 0 Å². The molecule has 0 bridgehead atoms. The third-order valence-corrected chi connectivity index (χ3v) is 6.68. The molecule has 1 fully saturated rings. The molecule has 0 aliphatic carbocycles. The summed E-state index contributed by atoms with van der Waals surface area (Å²) in [7, 11) is 0. The predicted octanol–water partition coefficient (Wildman–Crippen LogP) is 5.08. The Balaban J connectivity index is 0.000000147. The Morgan fingerprint density at radius 2 is 1.18 bits per heavy atom. The third-order valence-electron chi connectivity index (χ3n) is 6.68. The Kier molecular flexibility index (Phi) is 6.48. The molecule has 0 aromatic heterocycles. The summed E-state index contributed by atoms with van der Waals surface area (Å²) >= 11 is 0. The summed E-state index contributed by atoms with van der Waals surface area (Å²) in [5, 5.41) is 9.04. The number of nitrogens with one attached hydrogen (secondary N) is 3. The molecule has 9 heteroatoms. The van der Waals surface area contributed by atoms with Gasteiger partial charge in [0.2, 0.25) is 0 Å². The number of para-hydroxylation sites is 6. The number of hydrogen-bond acceptors (Lipinski definition) is 7. The van der Waals surface area contributed by atoms with Crippen molar-refractivity contribution < 1.29 is 19.1 Å². The number of amides is 2. The van der Waals surface area contributed by atoms with E-state index in [1.807, 2.05) is 54.6 Å². The highest BCUT2D eigenvalue weighted by Crippen LogP contribution is 2.41. The number of hydrogen-bond donors (Lipinski definition) is 4. The number of nitrogens with two attached hydrogens (primary N) is 1. The highest BCUT2D eigenvalue weighted by atomic mass is 16.5. The standard InChI is InChI=1S/C17H17N3O2.C13H10N2O2/c21-17-12-4-3-6-14(20-10-8-18-9-11-20)16(12)22-15-7-2-1-5-13(15)19-17;14-9-5-3-4-8-12(9)17-11-7-2-1-6-10(11)15-13(8)16/h1-7,18H,8-11H2,(H,19,21);1-7H,14H2,(H,15,16). The lowest BCUT2D eigenvalue weighted by molar-refractivity contribution is 0.101. The van der Waals surface area contributed by atoms with Crippen LogP contribution >= 0.6 is 0 Å². The van der Waals surface area contributed by atoms with Gasteiger partial charge in [-0.25, -0.2) is 0 Å². The fourth-order valence-corrected chi connectivity index (χ4v) is 4.73. The van der Waals surface area contributed by atoms with Gasteiger partial charge in [-0.1, -0.05) is 36.4 Å². The van der Waals surface area contributed by atoms with Crippen LogP contribution < -0.4 is 36.1 Å². The van der Waals surface area contributed by atoms with Crippen molar-refractivity contribution in [3.8, 4) is 23.0 Å². The number of carbonyl (C=O) groups is 2. The van der Waals surface area contributed by atoms with Gasteiger partial charge in [-0.3, -0.25) is 9.59 Å². The number of nitrogens with zero attached hydrogens (tertiary/aromatic N) is 1. The number of anilines is 4. The van der Waals surface area contributed by atoms with Crippen LogP contribution in [0.2, 0.25) is 0 Å². The molecule has 196 valence electrons. The molecule has 9 nitrogen and oxygen atoms in total. The summed E-state index contributed by atoms with van der Waals surface area (Å²) in [6.07, 6.45) is 0. The molecular formula is C30H27N5O4. The summed E-state index contributed by atoms with van der Waals surface area (Å²) in [5.74, 6) is 1.99. The van der Waals surface area contributed by atoms with Crippen molar-refractivity contribution in [1.82, 2.24) is 5.32 Å². The number of carbonyl (C=O) groups excluding carboxylic acids is 2. The minimum atomic E-state index is -0.211. The first kappa shape index (κ1) is 24.3. The van der Waals surface area contributed by atoms with Crippen LogP contribution in [0.1, 0.15) is 20.7 Å². The van der Waals surface area contributed by atoms with E-state index in [1.54, 1.807) is 30.3 Å². The molecular weight excluding hydrogens is 494 g/mol. The Bertz CT molecular complexity index is 1560. The lowest BCUT2D eigenvalue weighted by Gasteiger charge is -2.31. The van der Waals surface area contributed by atoms with Gasteiger partial charge in [0.25, 0.3) is 11.8 Å². The minimum Gasteiger partial charge on any atom is -0.452 e. The van der Waals surface area contributed by atoms with E-state index in [0.29, 0.717) is 51.2 Å². The van der Waals surface area contributed by atoms with E-state index in [4.69, 9.17) is 15.2 Å². The van der Waals surface area contributed by atoms with E-state index in [0.717, 1.165) is 31.9 Å². The van der Waals surface area contributed by atoms with Crippen molar-refractivity contribution in [2.45, 2.75) is 0 Å². The average molecular weight is 522 g/mol. The summed E-state index contributed by atoms with van der Waals surface area (Å²) in [4.78, 5) is 26.7. The molecule has 3 heterocycles. The maximum Gasteiger partial charge on any atom is 0.259 e. The van der Waals surface area contributed by atoms with Crippen LogP contribution in [0.3, 0.4) is 0 Å². The van der Waals surface area contributed by atoms with Gasteiger partial charge in [0.15, 0.2) is 23.0 Å². The van der Waals surface area contributed by atoms with Crippen molar-refractivity contribution >= 4 is 34.6 Å². The number of fused-ring (bicyclic) bond motifs is 4. The maximum absolute atomic E-state index is 12.5. The van der Waals surface area contributed by atoms with Gasteiger partial charge >= 0.3 is 0 Å². The molecule has 1 saturated heterocycles. The molecule has 5 N–H and O–H groups in total. The lowest BCUT2D eigenvalue weighted by Crippen LogP contribution is -2.43. The first-order valence-electron chi connectivity index (χ1n) is 12.7. The molecule has 0 spiro atoms. The van der Waals surface area contributed by atoms with Crippen molar-refractivity contribution in [3.05, 3.63) is 96.1 Å². The van der Waals surface area contributed by atoms with Crippen LogP contribution in [0.5, 0.6) is 23.0 Å². The summed E-state index contributed by atoms with van der Waals surface area (Å²) in [6, 6.07) is 25.6. The van der Waals surface area contributed by atoms with E-state index in [9.17, 15) is 9.59 Å². The highest BCUT2D eigenvalue weighted by Gasteiger charge is 2.26. The van der Waals surface area contributed by atoms with E-state index in [-0.39, 0.29) is 11.8 Å². The van der Waals surface area contributed by atoms with Crippen molar-refractivity contribution in [2.24, 2.45) is 0 Å². The van der Waals surface area contributed by atoms with Crippen LogP contribution in [0.15, 0.2) is 84.9 Å². The molecule has 0 atom stereocenters. The van der Waals surface area contributed by atoms with Crippen LogP contribution in [-0.2, 0) is 0 Å². The van der Waals surface area contributed by atoms with Crippen molar-refractivity contribution in [3.63, 3.8) is 0 Å². The molecule has 4 aromatic rings. The van der Waals surface area contributed by atoms with Gasteiger partial charge in [0, 0.05) is 26.2 Å². The topological polar surface area (TPSA) is 118 Å². The SMILES string of the molecule is Nc1cccc2c1Oc1ccccc1NC2=O.O=C1Nc2ccccc2Oc2c1cccc2N1CCNCC1. The molecule has 3 aliphatic rings. The van der Waals surface area contributed by atoms with Crippen LogP contribution in [0.4, 0.5) is 22.7 Å². The van der Waals surface area contributed by atoms with Crippen LogP contribution in [0, 0.1) is 0 Å². The molecule has 0 saturated carbocycles. The fourth-order valence-electron chi connectivity index (χ4n) is 4.73. The second-order valence-corrected chi connectivity index (χ2v) is 9.22. The molecule has 7 rings (SSSR count). The second-order valence-electron chi connectivity index (χ2n) is 9.22. The van der Waals surface area contributed by atoms with Gasteiger partial charge in [0.05, 0.1) is 33.9 Å². The molecule has 3 aliphatic heterocycles. The second kappa shape index (κ2) is 10.4. The molecule has 2 amide bonds. The number of nitrogen functional groups attached to an aromatic ring is 1. The molecule has 0 unspecified atom stereocenters. The first-order valence-corrected chi connectivity index (χ1v) is 12.7. The number of benzene rings is 4. The zero-order valence-corrected chi connectivity index (χ0v) is 21.1. The number of piperazine rings is 1. The highest BCUT2D eigenvalue weighted by molar-refractivity contribution is 6.10. The van der Waals surface area contributed by atoms with Crippen molar-refractivity contribution in [1.29, 1.82) is 0 Å². The van der Waals surface area contributed by atoms with E-state index in [1.165, 1.54) is 0 Å². The number of rotatable bonds is 1. The Hall–Kier alpha value is -5.02. The Morgan fingerprint density at radius 1 is 0.641 bits per heavy atom. The third kappa shape index (κ3) is 4.83. The summed E-state index contributed by atoms with van der Waals surface area (Å²) in [6.45, 7) is 3.69. The van der Waals surface area contributed by atoms with E-state index < -0.39 is 0 Å².